The summed E-state index contributed by atoms with van der Waals surface area (Å²) in [6.45, 7) is 2.01. The molecule has 1 aromatic heterocycles. The molecule has 0 aliphatic carbocycles. The molecule has 7 aromatic rings. The maximum Gasteiger partial charge on any atom is 0.351 e. The van der Waals surface area contributed by atoms with Gasteiger partial charge in [-0.3, -0.25) is 4.57 Å². The second kappa shape index (κ2) is 17.2. The van der Waals surface area contributed by atoms with Gasteiger partial charge in [0, 0.05) is 6.20 Å². The topological polar surface area (TPSA) is 138 Å². The fourth-order valence-electron chi connectivity index (χ4n) is 9.35. The predicted molar refractivity (Wildman–Crippen MR) is 234 cm³/mol. The van der Waals surface area contributed by atoms with Crippen LogP contribution in [0.2, 0.25) is 0 Å². The van der Waals surface area contributed by atoms with E-state index in [1.807, 2.05) is 153 Å². The minimum atomic E-state index is -1.68. The zero-order valence-electron chi connectivity index (χ0n) is 34.2. The Morgan fingerprint density at radius 3 is 1.44 bits per heavy atom. The fourth-order valence-corrected chi connectivity index (χ4v) is 9.35. The Kier molecular flexibility index (Phi) is 11.6. The second-order valence-electron chi connectivity index (χ2n) is 15.2. The van der Waals surface area contributed by atoms with Gasteiger partial charge in [0.15, 0.2) is 6.23 Å². The van der Waals surface area contributed by atoms with Crippen molar-refractivity contribution < 1.29 is 29.2 Å². The Hall–Kier alpha value is -6.56. The highest BCUT2D eigenvalue weighted by molar-refractivity contribution is 5.58. The van der Waals surface area contributed by atoms with E-state index >= 15 is 0 Å². The van der Waals surface area contributed by atoms with Crippen molar-refractivity contribution in [1.82, 2.24) is 9.55 Å². The van der Waals surface area contributed by atoms with Crippen LogP contribution in [0.1, 0.15) is 53.0 Å². The molecule has 0 amide bonds. The predicted octanol–water partition coefficient (Wildman–Crippen LogP) is 7.65. The Morgan fingerprint density at radius 2 is 1.02 bits per heavy atom. The lowest BCUT2D eigenvalue weighted by atomic mass is 9.55. The SMILES string of the molecule is CCC(OC(c1ccccc1)(c1ccccc1)c1ccc(OC)cc1)([C@H]1O[C@@H](n2ccc(N)nc2=O)[C@H](O)[C@@H]1O)C(c1ccccc1)(c1ccccc1)c1ccc(OC)cc1. The van der Waals surface area contributed by atoms with Gasteiger partial charge in [-0.1, -0.05) is 153 Å². The molecule has 310 valence electrons. The number of hydrogen-bond acceptors (Lipinski definition) is 9. The number of aliphatic hydroxyl groups excluding tert-OH is 2. The lowest BCUT2D eigenvalue weighted by molar-refractivity contribution is -0.229. The van der Waals surface area contributed by atoms with E-state index in [1.54, 1.807) is 14.2 Å². The number of methoxy groups -OCH3 is 2. The number of aliphatic hydroxyl groups is 2. The summed E-state index contributed by atoms with van der Waals surface area (Å²) in [6, 6.07) is 57.0. The van der Waals surface area contributed by atoms with Crippen LogP contribution in [0.4, 0.5) is 5.82 Å². The third-order valence-electron chi connectivity index (χ3n) is 12.1. The number of ether oxygens (including phenoxy) is 4. The highest BCUT2D eigenvalue weighted by Crippen LogP contribution is 2.59. The first-order valence-corrected chi connectivity index (χ1v) is 20.3. The van der Waals surface area contributed by atoms with Crippen LogP contribution in [0, 0.1) is 0 Å². The molecular weight excluding hydrogens is 767 g/mol. The van der Waals surface area contributed by atoms with Crippen LogP contribution in [0.5, 0.6) is 11.5 Å². The van der Waals surface area contributed by atoms with Gasteiger partial charge in [-0.15, -0.1) is 0 Å². The number of hydrogen-bond donors (Lipinski definition) is 3. The van der Waals surface area contributed by atoms with E-state index in [-0.39, 0.29) is 12.2 Å². The minimum absolute atomic E-state index is 0.0127. The molecule has 10 nitrogen and oxygen atoms in total. The molecule has 1 aliphatic rings. The van der Waals surface area contributed by atoms with Crippen molar-refractivity contribution in [2.45, 2.75) is 54.5 Å². The van der Waals surface area contributed by atoms with Gasteiger partial charge < -0.3 is 34.9 Å². The zero-order valence-corrected chi connectivity index (χ0v) is 34.2. The number of anilines is 1. The number of benzene rings is 6. The number of nitrogens with zero attached hydrogens (tertiary/aromatic N) is 2. The average molecular weight is 816 g/mol. The van der Waals surface area contributed by atoms with Crippen molar-refractivity contribution in [3.05, 3.63) is 226 Å². The van der Waals surface area contributed by atoms with Gasteiger partial charge in [-0.05, 0) is 70.1 Å². The number of rotatable bonds is 14. The summed E-state index contributed by atoms with van der Waals surface area (Å²) in [5, 5.41) is 25.0. The van der Waals surface area contributed by atoms with Gasteiger partial charge in [0.25, 0.3) is 0 Å². The quantitative estimate of drug-likeness (QED) is 0.0946. The van der Waals surface area contributed by atoms with Gasteiger partial charge in [-0.25, -0.2) is 4.79 Å². The van der Waals surface area contributed by atoms with Crippen LogP contribution in [0.25, 0.3) is 0 Å². The number of nitrogen functional groups attached to an aromatic ring is 1. The van der Waals surface area contributed by atoms with Crippen LogP contribution in [0.3, 0.4) is 0 Å². The van der Waals surface area contributed by atoms with Crippen LogP contribution in [-0.4, -0.2) is 57.9 Å². The molecule has 1 unspecified atom stereocenters. The van der Waals surface area contributed by atoms with Gasteiger partial charge in [0.05, 0.1) is 19.6 Å². The van der Waals surface area contributed by atoms with Crippen LogP contribution in [-0.2, 0) is 20.5 Å². The molecule has 2 heterocycles. The molecule has 8 rings (SSSR count). The Morgan fingerprint density at radius 1 is 0.607 bits per heavy atom. The first-order valence-electron chi connectivity index (χ1n) is 20.3. The zero-order chi connectivity index (χ0) is 42.6. The molecule has 1 saturated heterocycles. The first-order chi connectivity index (χ1) is 29.7. The molecule has 4 N–H and O–H groups in total. The van der Waals surface area contributed by atoms with Crippen molar-refractivity contribution in [3.8, 4) is 11.5 Å². The third kappa shape index (κ3) is 6.97. The lowest BCUT2D eigenvalue weighted by Crippen LogP contribution is -2.67. The second-order valence-corrected chi connectivity index (χ2v) is 15.2. The molecule has 1 fully saturated rings. The van der Waals surface area contributed by atoms with Gasteiger partial charge in [-0.2, -0.15) is 4.98 Å². The van der Waals surface area contributed by atoms with Crippen molar-refractivity contribution in [1.29, 1.82) is 0 Å². The third-order valence-corrected chi connectivity index (χ3v) is 12.1. The van der Waals surface area contributed by atoms with Crippen LogP contribution < -0.4 is 20.9 Å². The number of aromatic nitrogens is 2. The molecule has 0 saturated carbocycles. The summed E-state index contributed by atoms with van der Waals surface area (Å²) in [5.41, 5.74) is 5.48. The van der Waals surface area contributed by atoms with E-state index in [1.165, 1.54) is 12.3 Å². The average Bonchev–Trinajstić information content (AvgIpc) is 3.62. The normalized spacial score (nSPS) is 18.9. The molecule has 10 heteroatoms. The van der Waals surface area contributed by atoms with E-state index in [0.29, 0.717) is 11.5 Å². The Balaban J connectivity index is 1.55. The molecule has 6 aromatic carbocycles. The molecule has 1 aliphatic heterocycles. The smallest absolute Gasteiger partial charge is 0.351 e. The molecular formula is C51H49N3O7. The molecule has 0 spiro atoms. The summed E-state index contributed by atoms with van der Waals surface area (Å²) < 4.78 is 28.0. The summed E-state index contributed by atoms with van der Waals surface area (Å²) in [7, 11) is 3.25. The fraction of sp³-hybridized carbons (Fsp3) is 0.216. The Labute approximate surface area is 355 Å². The van der Waals surface area contributed by atoms with Gasteiger partial charge in [0.2, 0.25) is 0 Å². The highest BCUT2D eigenvalue weighted by atomic mass is 16.6. The van der Waals surface area contributed by atoms with E-state index in [9.17, 15) is 15.0 Å². The maximum absolute atomic E-state index is 13.5. The van der Waals surface area contributed by atoms with Crippen molar-refractivity contribution >= 4 is 5.82 Å². The van der Waals surface area contributed by atoms with E-state index < -0.39 is 46.8 Å². The maximum atomic E-state index is 13.5. The van der Waals surface area contributed by atoms with E-state index in [0.717, 1.165) is 37.9 Å². The van der Waals surface area contributed by atoms with Crippen LogP contribution in [0.15, 0.2) is 187 Å². The lowest BCUT2D eigenvalue weighted by Gasteiger charge is -2.58. The van der Waals surface area contributed by atoms with E-state index in [4.69, 9.17) is 24.7 Å². The first kappa shape index (κ1) is 41.2. The van der Waals surface area contributed by atoms with E-state index in [2.05, 4.69) is 29.2 Å². The minimum Gasteiger partial charge on any atom is -0.497 e. The Bertz CT molecular complexity index is 2500. The summed E-state index contributed by atoms with van der Waals surface area (Å²) in [4.78, 5) is 17.5. The molecule has 0 bridgehead atoms. The summed E-state index contributed by atoms with van der Waals surface area (Å²) in [5.74, 6) is 1.31. The summed E-state index contributed by atoms with van der Waals surface area (Å²) >= 11 is 0. The van der Waals surface area contributed by atoms with Gasteiger partial charge in [0.1, 0.15) is 46.8 Å². The van der Waals surface area contributed by atoms with Gasteiger partial charge >= 0.3 is 5.69 Å². The number of nitrogens with two attached hydrogens (primary N) is 1. The largest absolute Gasteiger partial charge is 0.497 e. The molecule has 5 atom stereocenters. The van der Waals surface area contributed by atoms with Crippen LogP contribution >= 0.6 is 0 Å². The standard InChI is InChI=1S/C51H49N3O7/c1-4-49(46-44(55)45(56)47(60-46)54-34-33-43(52)53-48(54)57,50(35-17-9-5-10-18-35,36-19-11-6-12-20-36)37-25-29-41(58-2)30-26-37)61-51(38-21-13-7-14-22-38,39-23-15-8-16-24-39)40-27-31-42(59-3)32-28-40/h5-34,44-47,55-56H,4H2,1-3H3,(H2,52,53,57)/t44-,45+,46-,47+,49?/m0/s1. The van der Waals surface area contributed by atoms with Crippen molar-refractivity contribution in [2.75, 3.05) is 20.0 Å². The highest BCUT2D eigenvalue weighted by Gasteiger charge is 2.67. The molecule has 0 radical (unpaired) electrons. The van der Waals surface area contributed by atoms with Crippen molar-refractivity contribution in [3.63, 3.8) is 0 Å². The monoisotopic (exact) mass is 815 g/mol. The summed E-state index contributed by atoms with van der Waals surface area (Å²) in [6.07, 6.45) is -4.32. The van der Waals surface area contributed by atoms with Crippen molar-refractivity contribution in [2.24, 2.45) is 0 Å². The molecule has 61 heavy (non-hydrogen) atoms.